The standard InChI is InChI=1S/C16H11Br2N3O/c17-11-4-5-21-14(7-19-15(21)6-11)16(22)20-8-10-2-1-3-13(18)12(10)9-20/h1-7H,8-9H2. The molecule has 0 saturated heterocycles. The summed E-state index contributed by atoms with van der Waals surface area (Å²) in [6, 6.07) is 9.88. The quantitative estimate of drug-likeness (QED) is 0.596. The third-order valence-corrected chi connectivity index (χ3v) is 5.14. The van der Waals surface area contributed by atoms with Crippen LogP contribution in [0.25, 0.3) is 5.65 Å². The van der Waals surface area contributed by atoms with Gasteiger partial charge in [0, 0.05) is 28.2 Å². The molecule has 1 aromatic carbocycles. The normalized spacial score (nSPS) is 13.6. The minimum atomic E-state index is -0.00192. The number of aromatic nitrogens is 2. The van der Waals surface area contributed by atoms with Gasteiger partial charge in [-0.25, -0.2) is 4.98 Å². The number of halogens is 2. The van der Waals surface area contributed by atoms with Crippen molar-refractivity contribution in [1.82, 2.24) is 14.3 Å². The second-order valence-corrected chi connectivity index (χ2v) is 7.03. The molecule has 0 N–H and O–H groups in total. The molecule has 0 radical (unpaired) electrons. The van der Waals surface area contributed by atoms with Crippen LogP contribution in [0.1, 0.15) is 21.6 Å². The fourth-order valence-corrected chi connectivity index (χ4v) is 3.66. The number of pyridine rings is 1. The van der Waals surface area contributed by atoms with Crippen LogP contribution in [-0.4, -0.2) is 20.2 Å². The van der Waals surface area contributed by atoms with Crippen LogP contribution in [0.5, 0.6) is 0 Å². The van der Waals surface area contributed by atoms with Crippen LogP contribution in [0.15, 0.2) is 51.7 Å². The molecule has 0 aliphatic carbocycles. The van der Waals surface area contributed by atoms with Gasteiger partial charge in [0.15, 0.2) is 0 Å². The first kappa shape index (κ1) is 14.0. The largest absolute Gasteiger partial charge is 0.329 e. The Morgan fingerprint density at radius 1 is 1.18 bits per heavy atom. The fraction of sp³-hybridized carbons (Fsp3) is 0.125. The van der Waals surface area contributed by atoms with Gasteiger partial charge in [-0.2, -0.15) is 0 Å². The lowest BCUT2D eigenvalue weighted by atomic mass is 10.1. The molecule has 0 spiro atoms. The molecule has 0 unspecified atom stereocenters. The van der Waals surface area contributed by atoms with E-state index in [1.54, 1.807) is 6.20 Å². The minimum Gasteiger partial charge on any atom is -0.329 e. The van der Waals surface area contributed by atoms with Gasteiger partial charge in [0.25, 0.3) is 5.91 Å². The first-order valence-corrected chi connectivity index (χ1v) is 8.40. The number of imidazole rings is 1. The summed E-state index contributed by atoms with van der Waals surface area (Å²) < 4.78 is 3.83. The van der Waals surface area contributed by atoms with E-state index in [1.165, 1.54) is 11.1 Å². The van der Waals surface area contributed by atoms with Crippen molar-refractivity contribution in [2.45, 2.75) is 13.1 Å². The third-order valence-electron chi connectivity index (χ3n) is 3.91. The van der Waals surface area contributed by atoms with Crippen LogP contribution < -0.4 is 0 Å². The number of carbonyl (C=O) groups excluding carboxylic acids is 1. The van der Waals surface area contributed by atoms with Gasteiger partial charge >= 0.3 is 0 Å². The zero-order valence-electron chi connectivity index (χ0n) is 11.5. The van der Waals surface area contributed by atoms with E-state index in [9.17, 15) is 4.79 Å². The molecule has 110 valence electrons. The van der Waals surface area contributed by atoms with Crippen LogP contribution in [0.2, 0.25) is 0 Å². The Kier molecular flexibility index (Phi) is 3.31. The van der Waals surface area contributed by atoms with Crippen LogP contribution in [0.3, 0.4) is 0 Å². The summed E-state index contributed by atoms with van der Waals surface area (Å²) in [4.78, 5) is 19.0. The van der Waals surface area contributed by atoms with E-state index in [1.807, 2.05) is 39.8 Å². The van der Waals surface area contributed by atoms with Crippen molar-refractivity contribution < 1.29 is 4.79 Å². The second-order valence-electron chi connectivity index (χ2n) is 5.26. The van der Waals surface area contributed by atoms with Crippen LogP contribution in [-0.2, 0) is 13.1 Å². The van der Waals surface area contributed by atoms with Gasteiger partial charge in [0.1, 0.15) is 11.3 Å². The maximum atomic E-state index is 12.8. The van der Waals surface area contributed by atoms with Gasteiger partial charge < -0.3 is 4.90 Å². The number of nitrogens with zero attached hydrogens (tertiary/aromatic N) is 3. The highest BCUT2D eigenvalue weighted by Crippen LogP contribution is 2.30. The van der Waals surface area contributed by atoms with Crippen molar-refractivity contribution in [3.8, 4) is 0 Å². The number of rotatable bonds is 1. The van der Waals surface area contributed by atoms with Crippen LogP contribution >= 0.6 is 31.9 Å². The van der Waals surface area contributed by atoms with Crippen molar-refractivity contribution in [3.05, 3.63) is 68.5 Å². The molecule has 0 bridgehead atoms. The van der Waals surface area contributed by atoms with E-state index in [-0.39, 0.29) is 5.91 Å². The molecule has 2 aromatic heterocycles. The summed E-state index contributed by atoms with van der Waals surface area (Å²) in [5.41, 5.74) is 3.73. The molecule has 3 heterocycles. The summed E-state index contributed by atoms with van der Waals surface area (Å²) in [7, 11) is 0. The molecule has 1 aliphatic heterocycles. The highest BCUT2D eigenvalue weighted by molar-refractivity contribution is 9.10. The van der Waals surface area contributed by atoms with E-state index in [0.717, 1.165) is 14.6 Å². The lowest BCUT2D eigenvalue weighted by Gasteiger charge is -2.15. The molecule has 0 saturated carbocycles. The molecule has 3 aromatic rings. The average molecular weight is 421 g/mol. The highest BCUT2D eigenvalue weighted by Gasteiger charge is 2.27. The summed E-state index contributed by atoms with van der Waals surface area (Å²) >= 11 is 6.98. The lowest BCUT2D eigenvalue weighted by Crippen LogP contribution is -2.26. The van der Waals surface area contributed by atoms with Gasteiger partial charge in [-0.15, -0.1) is 0 Å². The molecule has 1 aliphatic rings. The van der Waals surface area contributed by atoms with Crippen LogP contribution in [0, 0.1) is 0 Å². The van der Waals surface area contributed by atoms with Gasteiger partial charge in [-0.05, 0) is 29.3 Å². The van der Waals surface area contributed by atoms with E-state index in [0.29, 0.717) is 18.8 Å². The zero-order chi connectivity index (χ0) is 15.3. The molecule has 0 fully saturated rings. The van der Waals surface area contributed by atoms with Gasteiger partial charge in [-0.1, -0.05) is 44.0 Å². The molecule has 4 rings (SSSR count). The molecular formula is C16H11Br2N3O. The Hall–Kier alpha value is -1.66. The number of fused-ring (bicyclic) bond motifs is 2. The Morgan fingerprint density at radius 3 is 2.86 bits per heavy atom. The monoisotopic (exact) mass is 419 g/mol. The summed E-state index contributed by atoms with van der Waals surface area (Å²) in [6.45, 7) is 1.26. The molecule has 1 amide bonds. The average Bonchev–Trinajstić information content (AvgIpc) is 3.10. The zero-order valence-corrected chi connectivity index (χ0v) is 14.6. The summed E-state index contributed by atoms with van der Waals surface area (Å²) in [5, 5.41) is 0. The summed E-state index contributed by atoms with van der Waals surface area (Å²) in [5.74, 6) is -0.00192. The van der Waals surface area contributed by atoms with Crippen molar-refractivity contribution in [2.24, 2.45) is 0 Å². The van der Waals surface area contributed by atoms with E-state index >= 15 is 0 Å². The van der Waals surface area contributed by atoms with E-state index < -0.39 is 0 Å². The second kappa shape index (κ2) is 5.21. The smallest absolute Gasteiger partial charge is 0.273 e. The molecule has 6 heteroatoms. The molecule has 22 heavy (non-hydrogen) atoms. The number of hydrogen-bond acceptors (Lipinski definition) is 2. The van der Waals surface area contributed by atoms with Crippen LogP contribution in [0.4, 0.5) is 0 Å². The van der Waals surface area contributed by atoms with Gasteiger partial charge in [0.05, 0.1) is 6.20 Å². The van der Waals surface area contributed by atoms with E-state index in [2.05, 4.69) is 42.9 Å². The topological polar surface area (TPSA) is 37.6 Å². The predicted molar refractivity (Wildman–Crippen MR) is 90.6 cm³/mol. The number of carbonyl (C=O) groups is 1. The SMILES string of the molecule is O=C(c1cnc2cc(Br)ccn12)N1Cc2cccc(Br)c2C1. The number of hydrogen-bond donors (Lipinski definition) is 0. The fourth-order valence-electron chi connectivity index (χ4n) is 2.80. The van der Waals surface area contributed by atoms with Crippen molar-refractivity contribution in [1.29, 1.82) is 0 Å². The Bertz CT molecular complexity index is 904. The van der Waals surface area contributed by atoms with Crippen molar-refractivity contribution in [2.75, 3.05) is 0 Å². The van der Waals surface area contributed by atoms with Crippen molar-refractivity contribution >= 4 is 43.4 Å². The predicted octanol–water partition coefficient (Wildman–Crippen LogP) is 4.02. The summed E-state index contributed by atoms with van der Waals surface area (Å²) in [6.07, 6.45) is 3.50. The number of benzene rings is 1. The molecular weight excluding hydrogens is 410 g/mol. The van der Waals surface area contributed by atoms with Gasteiger partial charge in [0.2, 0.25) is 0 Å². The Balaban J connectivity index is 1.69. The Morgan fingerprint density at radius 2 is 2.05 bits per heavy atom. The maximum absolute atomic E-state index is 12.8. The highest BCUT2D eigenvalue weighted by atomic mass is 79.9. The third kappa shape index (κ3) is 2.18. The first-order chi connectivity index (χ1) is 10.6. The first-order valence-electron chi connectivity index (χ1n) is 6.81. The van der Waals surface area contributed by atoms with E-state index in [4.69, 9.17) is 0 Å². The molecule has 0 atom stereocenters. The maximum Gasteiger partial charge on any atom is 0.273 e. The minimum absolute atomic E-state index is 0.00192. The lowest BCUT2D eigenvalue weighted by molar-refractivity contribution is 0.0744. The van der Waals surface area contributed by atoms with Crippen molar-refractivity contribution in [3.63, 3.8) is 0 Å². The van der Waals surface area contributed by atoms with Gasteiger partial charge in [-0.3, -0.25) is 9.20 Å². The molecule has 4 nitrogen and oxygen atoms in total. The Labute approximate surface area is 144 Å². The number of amides is 1.